The van der Waals surface area contributed by atoms with E-state index in [4.69, 9.17) is 0 Å². The minimum Gasteiger partial charge on any atom is -0.311 e. The lowest BCUT2D eigenvalue weighted by Crippen LogP contribution is -2.46. The molecule has 0 aromatic carbocycles. The van der Waals surface area contributed by atoms with Crippen LogP contribution in [-0.2, 0) is 14.6 Å². The predicted molar refractivity (Wildman–Crippen MR) is 61.4 cm³/mol. The Labute approximate surface area is 102 Å². The molecule has 1 aliphatic rings. The molecule has 0 saturated carbocycles. The van der Waals surface area contributed by atoms with Gasteiger partial charge in [-0.15, -0.1) is 0 Å². The third kappa shape index (κ3) is 3.68. The molecule has 10 heteroatoms. The van der Waals surface area contributed by atoms with Gasteiger partial charge in [0.05, 0.1) is 11.5 Å². The van der Waals surface area contributed by atoms with Gasteiger partial charge in [0, 0.05) is 30.5 Å². The Morgan fingerprint density at radius 3 is 3.06 bits per heavy atom. The first kappa shape index (κ1) is 12.3. The summed E-state index contributed by atoms with van der Waals surface area (Å²) in [5.74, 6) is -0.168. The smallest absolute Gasteiger partial charge is 0.231 e. The van der Waals surface area contributed by atoms with Crippen LogP contribution in [0.3, 0.4) is 0 Å². The number of anilines is 1. The number of nitrogens with one attached hydrogen (secondary N) is 2. The molecular formula is C7H11N5O3S2. The maximum absolute atomic E-state index is 11.6. The molecule has 0 radical (unpaired) electrons. The van der Waals surface area contributed by atoms with Crippen molar-refractivity contribution in [3.8, 4) is 0 Å². The van der Waals surface area contributed by atoms with E-state index in [1.54, 1.807) is 0 Å². The zero-order valence-corrected chi connectivity index (χ0v) is 10.4. The summed E-state index contributed by atoms with van der Waals surface area (Å²) < 4.78 is 26.2. The van der Waals surface area contributed by atoms with Crippen molar-refractivity contribution < 1.29 is 13.2 Å². The first-order valence-corrected chi connectivity index (χ1v) is 7.53. The van der Waals surface area contributed by atoms with Crippen LogP contribution in [0.15, 0.2) is 0 Å². The Kier molecular flexibility index (Phi) is 3.64. The molecule has 94 valence electrons. The van der Waals surface area contributed by atoms with Crippen LogP contribution in [0.2, 0.25) is 0 Å². The van der Waals surface area contributed by atoms with E-state index in [9.17, 15) is 13.2 Å². The second-order valence-electron chi connectivity index (χ2n) is 3.69. The van der Waals surface area contributed by atoms with E-state index in [1.807, 2.05) is 0 Å². The molecule has 1 aromatic rings. The fourth-order valence-corrected chi connectivity index (χ4v) is 3.40. The Balaban J connectivity index is 1.86. The summed E-state index contributed by atoms with van der Waals surface area (Å²) in [7, 11) is -3.02. The quantitative estimate of drug-likeness (QED) is 0.702. The molecule has 1 aliphatic heterocycles. The van der Waals surface area contributed by atoms with E-state index < -0.39 is 9.84 Å². The van der Waals surface area contributed by atoms with Gasteiger partial charge in [-0.2, -0.15) is 0 Å². The molecule has 1 unspecified atom stereocenters. The number of amides is 1. The van der Waals surface area contributed by atoms with Crippen molar-refractivity contribution >= 4 is 32.4 Å². The molecule has 1 aromatic heterocycles. The molecule has 1 fully saturated rings. The molecule has 8 nitrogen and oxygen atoms in total. The normalized spacial score (nSPS) is 23.2. The van der Waals surface area contributed by atoms with Gasteiger partial charge in [-0.05, 0) is 5.21 Å². The van der Waals surface area contributed by atoms with E-state index in [-0.39, 0.29) is 29.9 Å². The van der Waals surface area contributed by atoms with Crippen molar-refractivity contribution in [2.24, 2.45) is 0 Å². The van der Waals surface area contributed by atoms with Crippen LogP contribution in [0.5, 0.6) is 0 Å². The number of aromatic nitrogens is 3. The minimum atomic E-state index is -3.02. The zero-order valence-electron chi connectivity index (χ0n) is 8.79. The van der Waals surface area contributed by atoms with Gasteiger partial charge in [-0.1, -0.05) is 9.59 Å². The molecule has 2 heterocycles. The maximum atomic E-state index is 11.6. The van der Waals surface area contributed by atoms with Gasteiger partial charge < -0.3 is 5.32 Å². The monoisotopic (exact) mass is 277 g/mol. The summed E-state index contributed by atoms with van der Waals surface area (Å²) in [5.41, 5.74) is 0. The number of hydrogen-bond acceptors (Lipinski definition) is 8. The molecule has 0 spiro atoms. The van der Waals surface area contributed by atoms with E-state index in [2.05, 4.69) is 25.4 Å². The van der Waals surface area contributed by atoms with Crippen LogP contribution in [-0.4, -0.2) is 53.2 Å². The van der Waals surface area contributed by atoms with Crippen molar-refractivity contribution in [1.29, 1.82) is 0 Å². The summed E-state index contributed by atoms with van der Waals surface area (Å²) in [6.07, 6.45) is 0.0960. The van der Waals surface area contributed by atoms with Gasteiger partial charge >= 0.3 is 0 Å². The highest BCUT2D eigenvalue weighted by Gasteiger charge is 2.26. The molecule has 1 saturated heterocycles. The Morgan fingerprint density at radius 2 is 2.41 bits per heavy atom. The molecule has 0 aliphatic carbocycles. The van der Waals surface area contributed by atoms with E-state index in [0.717, 1.165) is 11.5 Å². The van der Waals surface area contributed by atoms with Crippen LogP contribution in [0.1, 0.15) is 6.42 Å². The molecule has 2 rings (SSSR count). The largest absolute Gasteiger partial charge is 0.311 e. The fourth-order valence-electron chi connectivity index (χ4n) is 1.57. The van der Waals surface area contributed by atoms with Crippen LogP contribution in [0, 0.1) is 0 Å². The van der Waals surface area contributed by atoms with Gasteiger partial charge in [0.1, 0.15) is 0 Å². The van der Waals surface area contributed by atoms with Crippen molar-refractivity contribution in [3.63, 3.8) is 0 Å². The SMILES string of the molecule is O=C(CC1CS(=O)(=O)CCN1)Nc1nnns1. The van der Waals surface area contributed by atoms with E-state index in [0.29, 0.717) is 11.7 Å². The highest BCUT2D eigenvalue weighted by atomic mass is 32.2. The number of nitrogens with zero attached hydrogens (tertiary/aromatic N) is 3. The van der Waals surface area contributed by atoms with Crippen molar-refractivity contribution in [1.82, 2.24) is 20.1 Å². The van der Waals surface area contributed by atoms with Gasteiger partial charge in [0.2, 0.25) is 11.0 Å². The van der Waals surface area contributed by atoms with Crippen LogP contribution in [0.25, 0.3) is 0 Å². The summed E-state index contributed by atoms with van der Waals surface area (Å²) in [4.78, 5) is 11.6. The molecular weight excluding hydrogens is 266 g/mol. The lowest BCUT2D eigenvalue weighted by atomic mass is 10.2. The molecule has 1 atom stereocenters. The molecule has 2 N–H and O–H groups in total. The Hall–Kier alpha value is -1.13. The van der Waals surface area contributed by atoms with Gasteiger partial charge in [0.25, 0.3) is 0 Å². The topological polar surface area (TPSA) is 114 Å². The summed E-state index contributed by atoms with van der Waals surface area (Å²) >= 11 is 0.970. The van der Waals surface area contributed by atoms with Crippen LogP contribution in [0.4, 0.5) is 5.13 Å². The Bertz CT molecular complexity index is 486. The lowest BCUT2D eigenvalue weighted by Gasteiger charge is -2.22. The number of carbonyl (C=O) groups is 1. The van der Waals surface area contributed by atoms with Crippen LogP contribution < -0.4 is 10.6 Å². The van der Waals surface area contributed by atoms with Crippen molar-refractivity contribution in [2.45, 2.75) is 12.5 Å². The highest BCUT2D eigenvalue weighted by molar-refractivity contribution is 7.91. The highest BCUT2D eigenvalue weighted by Crippen LogP contribution is 2.09. The fraction of sp³-hybridized carbons (Fsp3) is 0.714. The van der Waals surface area contributed by atoms with Crippen molar-refractivity contribution in [3.05, 3.63) is 0 Å². The second kappa shape index (κ2) is 5.02. The van der Waals surface area contributed by atoms with E-state index in [1.165, 1.54) is 0 Å². The number of rotatable bonds is 3. The predicted octanol–water partition coefficient (Wildman–Crippen LogP) is -1.35. The summed E-state index contributed by atoms with van der Waals surface area (Å²) in [6, 6.07) is -0.338. The van der Waals surface area contributed by atoms with Gasteiger partial charge in [-0.25, -0.2) is 8.42 Å². The zero-order chi connectivity index (χ0) is 12.3. The Morgan fingerprint density at radius 1 is 1.59 bits per heavy atom. The summed E-state index contributed by atoms with van der Waals surface area (Å²) in [6.45, 7) is 0.390. The number of sulfone groups is 1. The second-order valence-corrected chi connectivity index (χ2v) is 6.65. The van der Waals surface area contributed by atoms with Gasteiger partial charge in [-0.3, -0.25) is 10.1 Å². The minimum absolute atomic E-state index is 0.00517. The standard InChI is InChI=1S/C7H11N5O3S2/c13-6(9-7-10-11-12-16-7)3-5-4-17(14,15)2-1-8-5/h5,8H,1-4H2,(H,9,10,12,13). The lowest BCUT2D eigenvalue weighted by molar-refractivity contribution is -0.116. The molecule has 0 bridgehead atoms. The third-order valence-electron chi connectivity index (χ3n) is 2.28. The number of carbonyl (C=O) groups excluding carboxylic acids is 1. The average molecular weight is 277 g/mol. The number of hydrogen-bond donors (Lipinski definition) is 2. The van der Waals surface area contributed by atoms with E-state index >= 15 is 0 Å². The first-order valence-electron chi connectivity index (χ1n) is 4.94. The average Bonchev–Trinajstić information content (AvgIpc) is 2.68. The first-order chi connectivity index (χ1) is 8.05. The summed E-state index contributed by atoms with van der Waals surface area (Å²) in [5, 5.41) is 12.7. The van der Waals surface area contributed by atoms with Crippen molar-refractivity contribution in [2.75, 3.05) is 23.4 Å². The van der Waals surface area contributed by atoms with Crippen LogP contribution >= 0.6 is 11.5 Å². The van der Waals surface area contributed by atoms with Gasteiger partial charge in [0.15, 0.2) is 9.84 Å². The molecule has 17 heavy (non-hydrogen) atoms. The maximum Gasteiger partial charge on any atom is 0.231 e. The molecule has 1 amide bonds. The third-order valence-corrected chi connectivity index (χ3v) is 4.53.